The van der Waals surface area contributed by atoms with Gasteiger partial charge in [-0.1, -0.05) is 25.4 Å². The number of benzene rings is 1. The van der Waals surface area contributed by atoms with E-state index in [2.05, 4.69) is 5.32 Å². The third-order valence-corrected chi connectivity index (χ3v) is 4.01. The van der Waals surface area contributed by atoms with E-state index < -0.39 is 10.8 Å². The second kappa shape index (κ2) is 6.75. The van der Waals surface area contributed by atoms with Crippen LogP contribution in [0, 0.1) is 5.92 Å². The molecule has 1 unspecified atom stereocenters. The SMILES string of the molecule is CC(C)CS(=O)CC(=O)Nc1ccc(N)cc1Cl. The highest BCUT2D eigenvalue weighted by molar-refractivity contribution is 7.85. The van der Waals surface area contributed by atoms with E-state index >= 15 is 0 Å². The molecule has 0 heterocycles. The minimum Gasteiger partial charge on any atom is -0.399 e. The average molecular weight is 289 g/mol. The maximum atomic E-state index is 11.6. The van der Waals surface area contributed by atoms with Gasteiger partial charge < -0.3 is 11.1 Å². The van der Waals surface area contributed by atoms with Crippen molar-refractivity contribution in [1.29, 1.82) is 0 Å². The molecule has 0 radical (unpaired) electrons. The van der Waals surface area contributed by atoms with Gasteiger partial charge in [0.25, 0.3) is 0 Å². The summed E-state index contributed by atoms with van der Waals surface area (Å²) in [7, 11) is -1.14. The third-order valence-electron chi connectivity index (χ3n) is 2.08. The average Bonchev–Trinajstić information content (AvgIpc) is 2.20. The minimum atomic E-state index is -1.14. The highest BCUT2D eigenvalue weighted by atomic mass is 35.5. The molecule has 0 aliphatic rings. The first-order valence-electron chi connectivity index (χ1n) is 5.58. The number of halogens is 1. The minimum absolute atomic E-state index is 0.0150. The second-order valence-corrected chi connectivity index (χ2v) is 6.34. The predicted molar refractivity (Wildman–Crippen MR) is 77.2 cm³/mol. The van der Waals surface area contributed by atoms with Crippen LogP contribution in [0.3, 0.4) is 0 Å². The van der Waals surface area contributed by atoms with E-state index in [0.29, 0.717) is 28.1 Å². The van der Waals surface area contributed by atoms with Crippen LogP contribution < -0.4 is 11.1 Å². The molecule has 6 heteroatoms. The lowest BCUT2D eigenvalue weighted by Crippen LogP contribution is -2.22. The molecule has 100 valence electrons. The number of rotatable bonds is 5. The first-order valence-corrected chi connectivity index (χ1v) is 7.45. The molecule has 1 aromatic rings. The number of hydrogen-bond acceptors (Lipinski definition) is 3. The summed E-state index contributed by atoms with van der Waals surface area (Å²) < 4.78 is 11.6. The van der Waals surface area contributed by atoms with Crippen LogP contribution in [0.25, 0.3) is 0 Å². The summed E-state index contributed by atoms with van der Waals surface area (Å²) in [5, 5.41) is 3.00. The van der Waals surface area contributed by atoms with Gasteiger partial charge in [0, 0.05) is 22.2 Å². The number of amides is 1. The van der Waals surface area contributed by atoms with Gasteiger partial charge in [-0.05, 0) is 24.1 Å². The van der Waals surface area contributed by atoms with Crippen molar-refractivity contribution in [2.75, 3.05) is 22.6 Å². The van der Waals surface area contributed by atoms with Gasteiger partial charge in [-0.2, -0.15) is 0 Å². The lowest BCUT2D eigenvalue weighted by molar-refractivity contribution is -0.113. The van der Waals surface area contributed by atoms with Crippen LogP contribution in [0.4, 0.5) is 11.4 Å². The van der Waals surface area contributed by atoms with Crippen molar-refractivity contribution in [1.82, 2.24) is 0 Å². The van der Waals surface area contributed by atoms with Gasteiger partial charge in [0.05, 0.1) is 10.7 Å². The molecule has 1 aromatic carbocycles. The molecule has 0 saturated carbocycles. The number of nitrogens with one attached hydrogen (secondary N) is 1. The maximum absolute atomic E-state index is 11.6. The van der Waals surface area contributed by atoms with E-state index in [1.54, 1.807) is 18.2 Å². The maximum Gasteiger partial charge on any atom is 0.237 e. The Bertz CT molecular complexity index is 463. The van der Waals surface area contributed by atoms with Crippen molar-refractivity contribution in [2.45, 2.75) is 13.8 Å². The van der Waals surface area contributed by atoms with Gasteiger partial charge in [0.15, 0.2) is 0 Å². The molecule has 1 atom stereocenters. The molecule has 1 rings (SSSR count). The largest absolute Gasteiger partial charge is 0.399 e. The Morgan fingerprint density at radius 1 is 1.50 bits per heavy atom. The Kier molecular flexibility index (Phi) is 5.62. The Balaban J connectivity index is 2.57. The summed E-state index contributed by atoms with van der Waals surface area (Å²) in [4.78, 5) is 11.6. The summed E-state index contributed by atoms with van der Waals surface area (Å²) in [5.74, 6) is 0.501. The fourth-order valence-corrected chi connectivity index (χ4v) is 2.86. The molecule has 0 bridgehead atoms. The molecular weight excluding hydrogens is 272 g/mol. The van der Waals surface area contributed by atoms with E-state index in [0.717, 1.165) is 0 Å². The quantitative estimate of drug-likeness (QED) is 0.817. The lowest BCUT2D eigenvalue weighted by atomic mass is 10.3. The summed E-state index contributed by atoms with van der Waals surface area (Å²) in [6, 6.07) is 4.83. The summed E-state index contributed by atoms with van der Waals surface area (Å²) in [6.45, 7) is 3.93. The van der Waals surface area contributed by atoms with Crippen LogP contribution in [0.5, 0.6) is 0 Å². The number of nitrogens with two attached hydrogens (primary N) is 1. The van der Waals surface area contributed by atoms with Crippen molar-refractivity contribution in [3.8, 4) is 0 Å². The van der Waals surface area contributed by atoms with Crippen LogP contribution in [0.1, 0.15) is 13.8 Å². The first kappa shape index (κ1) is 15.0. The first-order chi connectivity index (χ1) is 8.38. The smallest absolute Gasteiger partial charge is 0.237 e. The molecule has 0 spiro atoms. The number of anilines is 2. The van der Waals surface area contributed by atoms with E-state index in [-0.39, 0.29) is 11.7 Å². The van der Waals surface area contributed by atoms with Gasteiger partial charge in [-0.25, -0.2) is 0 Å². The molecule has 0 aliphatic carbocycles. The fraction of sp³-hybridized carbons (Fsp3) is 0.417. The van der Waals surface area contributed by atoms with Gasteiger partial charge in [0.1, 0.15) is 5.75 Å². The van der Waals surface area contributed by atoms with Crippen LogP contribution >= 0.6 is 11.6 Å². The molecule has 1 amide bonds. The molecule has 3 N–H and O–H groups in total. The van der Waals surface area contributed by atoms with Gasteiger partial charge >= 0.3 is 0 Å². The zero-order valence-electron chi connectivity index (χ0n) is 10.4. The topological polar surface area (TPSA) is 72.2 Å². The Morgan fingerprint density at radius 3 is 2.72 bits per heavy atom. The normalized spacial score (nSPS) is 12.4. The second-order valence-electron chi connectivity index (χ2n) is 4.43. The predicted octanol–water partition coefficient (Wildman–Crippen LogP) is 2.27. The lowest BCUT2D eigenvalue weighted by Gasteiger charge is -2.08. The molecular formula is C12H17ClN2O2S. The zero-order chi connectivity index (χ0) is 13.7. The van der Waals surface area contributed by atoms with Gasteiger partial charge in [-0.15, -0.1) is 0 Å². The highest BCUT2D eigenvalue weighted by Gasteiger charge is 2.11. The fourth-order valence-electron chi connectivity index (χ4n) is 1.40. The number of nitrogen functional groups attached to an aromatic ring is 1. The third kappa shape index (κ3) is 5.06. The summed E-state index contributed by atoms with van der Waals surface area (Å²) in [6.07, 6.45) is 0. The molecule has 0 aromatic heterocycles. The van der Waals surface area contributed by atoms with E-state index in [1.165, 1.54) is 0 Å². The van der Waals surface area contributed by atoms with Crippen LogP contribution in [0.15, 0.2) is 18.2 Å². The number of hydrogen-bond donors (Lipinski definition) is 2. The molecule has 0 fully saturated rings. The Hall–Kier alpha value is -1.07. The molecule has 0 saturated heterocycles. The molecule has 4 nitrogen and oxygen atoms in total. The van der Waals surface area contributed by atoms with Crippen molar-refractivity contribution in [3.05, 3.63) is 23.2 Å². The Morgan fingerprint density at radius 2 is 2.17 bits per heavy atom. The van der Waals surface area contributed by atoms with Crippen molar-refractivity contribution in [2.24, 2.45) is 5.92 Å². The monoisotopic (exact) mass is 288 g/mol. The van der Waals surface area contributed by atoms with Crippen LogP contribution in [0.2, 0.25) is 5.02 Å². The van der Waals surface area contributed by atoms with Gasteiger partial charge in [-0.3, -0.25) is 9.00 Å². The molecule has 18 heavy (non-hydrogen) atoms. The van der Waals surface area contributed by atoms with Crippen LogP contribution in [-0.2, 0) is 15.6 Å². The van der Waals surface area contributed by atoms with E-state index in [4.69, 9.17) is 17.3 Å². The Labute approximate surface area is 114 Å². The molecule has 0 aliphatic heterocycles. The summed E-state index contributed by atoms with van der Waals surface area (Å²) >= 11 is 5.92. The van der Waals surface area contributed by atoms with Crippen molar-refractivity contribution < 1.29 is 9.00 Å². The number of carbonyl (C=O) groups excluding carboxylic acids is 1. The zero-order valence-corrected chi connectivity index (χ0v) is 12.0. The van der Waals surface area contributed by atoms with E-state index in [9.17, 15) is 9.00 Å². The summed E-state index contributed by atoms with van der Waals surface area (Å²) in [5.41, 5.74) is 6.56. The number of carbonyl (C=O) groups is 1. The standard InChI is InChI=1S/C12H17ClN2O2S/c1-8(2)6-18(17)7-12(16)15-11-4-3-9(14)5-10(11)13/h3-5,8H,6-7,14H2,1-2H3,(H,15,16). The van der Waals surface area contributed by atoms with Crippen molar-refractivity contribution in [3.63, 3.8) is 0 Å². The van der Waals surface area contributed by atoms with Crippen LogP contribution in [-0.4, -0.2) is 21.6 Å². The van der Waals surface area contributed by atoms with E-state index in [1.807, 2.05) is 13.8 Å². The van der Waals surface area contributed by atoms with Gasteiger partial charge in [0.2, 0.25) is 5.91 Å². The highest BCUT2D eigenvalue weighted by Crippen LogP contribution is 2.23. The van der Waals surface area contributed by atoms with Crippen molar-refractivity contribution >= 4 is 39.7 Å².